The van der Waals surface area contributed by atoms with Gasteiger partial charge in [-0.25, -0.2) is 4.98 Å². The molecule has 0 saturated carbocycles. The topological polar surface area (TPSA) is 74.7 Å². The lowest BCUT2D eigenvalue weighted by Crippen LogP contribution is -2.01. The molecule has 0 aliphatic carbocycles. The average Bonchev–Trinajstić information content (AvgIpc) is 2.53. The summed E-state index contributed by atoms with van der Waals surface area (Å²) in [6, 6.07) is 19.2. The molecule has 2 aromatic carbocycles. The van der Waals surface area contributed by atoms with Gasteiger partial charge in [-0.15, -0.1) is 0 Å². The van der Waals surface area contributed by atoms with Gasteiger partial charge < -0.3 is 11.1 Å². The van der Waals surface area contributed by atoms with Crippen molar-refractivity contribution in [3.63, 3.8) is 0 Å². The van der Waals surface area contributed by atoms with Gasteiger partial charge in [0.05, 0.1) is 17.1 Å². The molecule has 0 spiro atoms. The van der Waals surface area contributed by atoms with E-state index in [1.807, 2.05) is 54.6 Å². The van der Waals surface area contributed by atoms with Crippen molar-refractivity contribution in [2.24, 2.45) is 0 Å². The van der Waals surface area contributed by atoms with Crippen LogP contribution in [0.1, 0.15) is 11.1 Å². The monoisotopic (exact) mass is 274 g/mol. The van der Waals surface area contributed by atoms with E-state index < -0.39 is 0 Å². The third-order valence-electron chi connectivity index (χ3n) is 3.27. The summed E-state index contributed by atoms with van der Waals surface area (Å²) in [6.07, 6.45) is 0. The number of nitriles is 1. The second kappa shape index (κ2) is 5.51. The van der Waals surface area contributed by atoms with Gasteiger partial charge in [-0.05, 0) is 48.0 Å². The number of benzene rings is 2. The number of nitrogens with one attached hydrogen (secondary N) is 1. The van der Waals surface area contributed by atoms with Gasteiger partial charge in [-0.2, -0.15) is 5.26 Å². The highest BCUT2D eigenvalue weighted by Crippen LogP contribution is 2.18. The Bertz CT molecular complexity index is 816. The molecule has 0 radical (unpaired) electrons. The number of nitrogen functional groups attached to an aromatic ring is 1. The normalized spacial score (nSPS) is 10.2. The minimum absolute atomic E-state index is 0.666. The van der Waals surface area contributed by atoms with Gasteiger partial charge >= 0.3 is 0 Å². The number of rotatable bonds is 3. The van der Waals surface area contributed by atoms with Crippen LogP contribution in [-0.4, -0.2) is 4.98 Å². The lowest BCUT2D eigenvalue weighted by Gasteiger charge is -2.07. The predicted molar refractivity (Wildman–Crippen MR) is 84.6 cm³/mol. The first-order chi connectivity index (χ1) is 10.2. The van der Waals surface area contributed by atoms with Crippen molar-refractivity contribution >= 4 is 22.4 Å². The molecule has 102 valence electrons. The fraction of sp³-hybridized carbons (Fsp3) is 0.0588. The van der Waals surface area contributed by atoms with E-state index in [0.717, 1.165) is 28.0 Å². The zero-order valence-electron chi connectivity index (χ0n) is 11.4. The van der Waals surface area contributed by atoms with E-state index in [2.05, 4.69) is 16.4 Å². The van der Waals surface area contributed by atoms with Gasteiger partial charge in [0.25, 0.3) is 0 Å². The molecule has 0 fully saturated rings. The van der Waals surface area contributed by atoms with E-state index in [1.165, 1.54) is 0 Å². The van der Waals surface area contributed by atoms with Gasteiger partial charge in [-0.1, -0.05) is 12.1 Å². The van der Waals surface area contributed by atoms with E-state index >= 15 is 0 Å². The summed E-state index contributed by atoms with van der Waals surface area (Å²) in [4.78, 5) is 4.55. The zero-order chi connectivity index (χ0) is 14.7. The number of aromatic nitrogens is 1. The quantitative estimate of drug-likeness (QED) is 0.718. The van der Waals surface area contributed by atoms with Crippen LogP contribution in [0.4, 0.5) is 11.5 Å². The molecule has 4 nitrogen and oxygen atoms in total. The van der Waals surface area contributed by atoms with Crippen LogP contribution in [0.15, 0.2) is 54.6 Å². The van der Waals surface area contributed by atoms with Gasteiger partial charge in [0.15, 0.2) is 0 Å². The number of nitrogens with two attached hydrogens (primary N) is 1. The molecule has 0 aliphatic rings. The molecule has 21 heavy (non-hydrogen) atoms. The van der Waals surface area contributed by atoms with Crippen molar-refractivity contribution in [2.75, 3.05) is 11.1 Å². The molecule has 3 rings (SSSR count). The Morgan fingerprint density at radius 3 is 2.62 bits per heavy atom. The molecule has 0 amide bonds. The Hall–Kier alpha value is -3.06. The van der Waals surface area contributed by atoms with Gasteiger partial charge in [0, 0.05) is 17.6 Å². The molecular weight excluding hydrogens is 260 g/mol. The van der Waals surface area contributed by atoms with E-state index in [4.69, 9.17) is 11.0 Å². The number of nitrogens with zero attached hydrogens (tertiary/aromatic N) is 2. The SMILES string of the molecule is N#Cc1ccc(CNc2ccc3cc(N)ccc3n2)cc1. The highest BCUT2D eigenvalue weighted by Gasteiger charge is 2.00. The van der Waals surface area contributed by atoms with E-state index in [9.17, 15) is 0 Å². The number of hydrogen-bond donors (Lipinski definition) is 2. The minimum Gasteiger partial charge on any atom is -0.399 e. The first kappa shape index (κ1) is 12.9. The summed E-state index contributed by atoms with van der Waals surface area (Å²) < 4.78 is 0. The summed E-state index contributed by atoms with van der Waals surface area (Å²) in [5.41, 5.74) is 9.18. The van der Waals surface area contributed by atoms with Crippen LogP contribution in [0, 0.1) is 11.3 Å². The fourth-order valence-electron chi connectivity index (χ4n) is 2.13. The van der Waals surface area contributed by atoms with Crippen molar-refractivity contribution < 1.29 is 0 Å². The smallest absolute Gasteiger partial charge is 0.126 e. The van der Waals surface area contributed by atoms with Gasteiger partial charge in [0.1, 0.15) is 5.82 Å². The summed E-state index contributed by atoms with van der Waals surface area (Å²) in [6.45, 7) is 0.666. The van der Waals surface area contributed by atoms with Crippen LogP contribution in [0.25, 0.3) is 10.9 Å². The molecule has 3 aromatic rings. The van der Waals surface area contributed by atoms with Crippen LogP contribution in [0.2, 0.25) is 0 Å². The Kier molecular flexibility index (Phi) is 3.40. The molecule has 0 saturated heterocycles. The highest BCUT2D eigenvalue weighted by atomic mass is 15.0. The van der Waals surface area contributed by atoms with E-state index in [1.54, 1.807) is 0 Å². The van der Waals surface area contributed by atoms with Crippen molar-refractivity contribution in [1.82, 2.24) is 4.98 Å². The molecule has 0 unspecified atom stereocenters. The largest absolute Gasteiger partial charge is 0.399 e. The Labute approximate surface area is 122 Å². The molecule has 1 heterocycles. The Morgan fingerprint density at radius 2 is 1.86 bits per heavy atom. The number of anilines is 2. The van der Waals surface area contributed by atoms with Crippen LogP contribution < -0.4 is 11.1 Å². The first-order valence-corrected chi connectivity index (χ1v) is 6.64. The minimum atomic E-state index is 0.666. The van der Waals surface area contributed by atoms with Crippen LogP contribution in [0.3, 0.4) is 0 Å². The molecule has 0 aliphatic heterocycles. The lowest BCUT2D eigenvalue weighted by molar-refractivity contribution is 1.12. The van der Waals surface area contributed by atoms with E-state index in [-0.39, 0.29) is 0 Å². The maximum Gasteiger partial charge on any atom is 0.126 e. The molecule has 3 N–H and O–H groups in total. The molecular formula is C17H14N4. The maximum atomic E-state index is 8.77. The second-order valence-electron chi connectivity index (χ2n) is 4.81. The zero-order valence-corrected chi connectivity index (χ0v) is 11.4. The van der Waals surface area contributed by atoms with Crippen molar-refractivity contribution in [2.45, 2.75) is 6.54 Å². The predicted octanol–water partition coefficient (Wildman–Crippen LogP) is 3.30. The summed E-state index contributed by atoms with van der Waals surface area (Å²) in [5, 5.41) is 13.1. The third-order valence-corrected chi connectivity index (χ3v) is 3.27. The molecule has 0 bridgehead atoms. The summed E-state index contributed by atoms with van der Waals surface area (Å²) >= 11 is 0. The summed E-state index contributed by atoms with van der Waals surface area (Å²) in [7, 11) is 0. The van der Waals surface area contributed by atoms with Crippen molar-refractivity contribution in [3.8, 4) is 6.07 Å². The van der Waals surface area contributed by atoms with Gasteiger partial charge in [-0.3, -0.25) is 0 Å². The first-order valence-electron chi connectivity index (χ1n) is 6.64. The van der Waals surface area contributed by atoms with Crippen LogP contribution >= 0.6 is 0 Å². The summed E-state index contributed by atoms with van der Waals surface area (Å²) in [5.74, 6) is 0.816. The lowest BCUT2D eigenvalue weighted by atomic mass is 10.1. The standard InChI is InChI=1S/C17H14N4/c18-10-12-1-3-13(4-2-12)11-20-17-8-5-14-9-15(19)6-7-16(14)21-17/h1-9H,11,19H2,(H,20,21). The van der Waals surface area contributed by atoms with Crippen LogP contribution in [-0.2, 0) is 6.54 Å². The molecule has 4 heteroatoms. The van der Waals surface area contributed by atoms with Crippen LogP contribution in [0.5, 0.6) is 0 Å². The third kappa shape index (κ3) is 2.93. The number of pyridine rings is 1. The number of fused-ring (bicyclic) bond motifs is 1. The van der Waals surface area contributed by atoms with Crippen molar-refractivity contribution in [3.05, 3.63) is 65.7 Å². The van der Waals surface area contributed by atoms with Gasteiger partial charge in [0.2, 0.25) is 0 Å². The second-order valence-corrected chi connectivity index (χ2v) is 4.81. The fourth-order valence-corrected chi connectivity index (χ4v) is 2.13. The highest BCUT2D eigenvalue weighted by molar-refractivity contribution is 5.83. The number of hydrogen-bond acceptors (Lipinski definition) is 4. The molecule has 1 aromatic heterocycles. The Morgan fingerprint density at radius 1 is 1.05 bits per heavy atom. The van der Waals surface area contributed by atoms with Crippen molar-refractivity contribution in [1.29, 1.82) is 5.26 Å². The maximum absolute atomic E-state index is 8.77. The van der Waals surface area contributed by atoms with E-state index in [0.29, 0.717) is 12.1 Å². The average molecular weight is 274 g/mol. The molecule has 0 atom stereocenters. The Balaban J connectivity index is 1.75.